The SMILES string of the molecule is O=C(O)CCC=CC[C@@H]1COC(c2coc3ccc(Cl)cc3c2=O)O[C@@H]1c1ccccc1O. The van der Waals surface area contributed by atoms with Gasteiger partial charge in [0.2, 0.25) is 5.43 Å². The Kier molecular flexibility index (Phi) is 7.13. The van der Waals surface area contributed by atoms with E-state index in [1.807, 2.05) is 12.2 Å². The van der Waals surface area contributed by atoms with Crippen molar-refractivity contribution in [3.8, 4) is 5.75 Å². The number of carboxylic acid groups (broad SMARTS) is 1. The van der Waals surface area contributed by atoms with E-state index in [9.17, 15) is 14.7 Å². The minimum atomic E-state index is -0.985. The number of aromatic hydroxyl groups is 1. The third-order valence-corrected chi connectivity index (χ3v) is 5.78. The predicted octanol–water partition coefficient (Wildman–Crippen LogP) is 5.37. The number of carbonyl (C=O) groups is 1. The van der Waals surface area contributed by atoms with Gasteiger partial charge in [0.1, 0.15) is 17.6 Å². The average Bonchev–Trinajstić information content (AvgIpc) is 2.80. The summed E-state index contributed by atoms with van der Waals surface area (Å²) in [6.07, 6.45) is 4.52. The van der Waals surface area contributed by atoms with Gasteiger partial charge in [-0.2, -0.15) is 0 Å². The Bertz CT molecular complexity index is 1230. The Hall–Kier alpha value is -3.13. The molecule has 2 N–H and O–H groups in total. The van der Waals surface area contributed by atoms with Crippen molar-refractivity contribution in [2.24, 2.45) is 5.92 Å². The molecule has 172 valence electrons. The van der Waals surface area contributed by atoms with Gasteiger partial charge in [-0.25, -0.2) is 0 Å². The quantitative estimate of drug-likeness (QED) is 0.447. The zero-order chi connectivity index (χ0) is 23.4. The van der Waals surface area contributed by atoms with Crippen LogP contribution < -0.4 is 5.43 Å². The number of aliphatic carboxylic acids is 1. The summed E-state index contributed by atoms with van der Waals surface area (Å²) in [5.74, 6) is -0.924. The fourth-order valence-corrected chi connectivity index (χ4v) is 4.04. The molecule has 1 aliphatic rings. The molecule has 1 aromatic heterocycles. The van der Waals surface area contributed by atoms with E-state index in [1.54, 1.807) is 42.5 Å². The van der Waals surface area contributed by atoms with Gasteiger partial charge in [-0.1, -0.05) is 42.0 Å². The Balaban J connectivity index is 1.61. The van der Waals surface area contributed by atoms with Crippen molar-refractivity contribution in [2.75, 3.05) is 6.61 Å². The third kappa shape index (κ3) is 5.27. The summed E-state index contributed by atoms with van der Waals surface area (Å²) in [4.78, 5) is 23.8. The zero-order valence-electron chi connectivity index (χ0n) is 17.6. The summed E-state index contributed by atoms with van der Waals surface area (Å²) in [6, 6.07) is 11.7. The van der Waals surface area contributed by atoms with E-state index in [0.717, 1.165) is 0 Å². The maximum absolute atomic E-state index is 13.1. The molecule has 2 aromatic carbocycles. The van der Waals surface area contributed by atoms with Crippen molar-refractivity contribution in [1.82, 2.24) is 0 Å². The first-order chi connectivity index (χ1) is 15.9. The second-order valence-electron chi connectivity index (χ2n) is 7.84. The smallest absolute Gasteiger partial charge is 0.303 e. The predicted molar refractivity (Wildman–Crippen MR) is 122 cm³/mol. The van der Waals surface area contributed by atoms with Crippen LogP contribution in [0.2, 0.25) is 5.02 Å². The van der Waals surface area contributed by atoms with Crippen molar-refractivity contribution in [1.29, 1.82) is 0 Å². The van der Waals surface area contributed by atoms with Gasteiger partial charge in [0, 0.05) is 22.9 Å². The molecule has 0 aliphatic carbocycles. The Morgan fingerprint density at radius 3 is 2.76 bits per heavy atom. The summed E-state index contributed by atoms with van der Waals surface area (Å²) >= 11 is 6.05. The molecule has 0 saturated carbocycles. The van der Waals surface area contributed by atoms with E-state index >= 15 is 0 Å². The van der Waals surface area contributed by atoms with Crippen molar-refractivity contribution in [3.63, 3.8) is 0 Å². The van der Waals surface area contributed by atoms with Crippen LogP contribution in [0.1, 0.15) is 42.8 Å². The fourth-order valence-electron chi connectivity index (χ4n) is 3.87. The summed E-state index contributed by atoms with van der Waals surface area (Å²) in [5.41, 5.74) is 0.904. The number of ether oxygens (including phenoxy) is 2. The van der Waals surface area contributed by atoms with E-state index in [2.05, 4.69) is 0 Å². The first kappa shape index (κ1) is 23.0. The molecule has 3 aromatic rings. The first-order valence-electron chi connectivity index (χ1n) is 10.6. The molecule has 33 heavy (non-hydrogen) atoms. The van der Waals surface area contributed by atoms with Gasteiger partial charge in [-0.3, -0.25) is 9.59 Å². The lowest BCUT2D eigenvalue weighted by atomic mass is 9.91. The normalized spacial score (nSPS) is 20.9. The number of halogens is 1. The highest BCUT2D eigenvalue weighted by Crippen LogP contribution is 2.42. The molecule has 0 spiro atoms. The molecule has 4 rings (SSSR count). The van der Waals surface area contributed by atoms with Gasteiger partial charge in [0.25, 0.3) is 0 Å². The summed E-state index contributed by atoms with van der Waals surface area (Å²) in [6.45, 7) is 0.264. The molecule has 0 bridgehead atoms. The summed E-state index contributed by atoms with van der Waals surface area (Å²) in [5, 5.41) is 20.0. The van der Waals surface area contributed by atoms with Gasteiger partial charge in [-0.15, -0.1) is 0 Å². The maximum atomic E-state index is 13.1. The molecule has 2 heterocycles. The van der Waals surface area contributed by atoms with E-state index in [0.29, 0.717) is 34.4 Å². The Morgan fingerprint density at radius 1 is 1.15 bits per heavy atom. The van der Waals surface area contributed by atoms with Gasteiger partial charge in [0.05, 0.1) is 23.7 Å². The van der Waals surface area contributed by atoms with Gasteiger partial charge in [-0.05, 0) is 37.1 Å². The lowest BCUT2D eigenvalue weighted by molar-refractivity contribution is -0.244. The van der Waals surface area contributed by atoms with Crippen LogP contribution in [0.5, 0.6) is 5.75 Å². The zero-order valence-corrected chi connectivity index (χ0v) is 18.4. The van der Waals surface area contributed by atoms with Crippen LogP contribution in [0.25, 0.3) is 11.0 Å². The standard InChI is InChI=1S/C25H23ClO7/c26-16-10-11-21-18(12-16)23(30)19(14-31-21)25-32-13-15(6-2-1-3-9-22(28)29)24(33-25)17-7-4-5-8-20(17)27/h1-2,4-5,7-8,10-12,14-15,24-25,27H,3,6,9,13H2,(H,28,29)/t15-,24+,25?/m1/s1. The fraction of sp³-hybridized carbons (Fsp3) is 0.280. The number of phenolic OH excluding ortho intramolecular Hbond substituents is 1. The van der Waals surface area contributed by atoms with Crippen molar-refractivity contribution in [3.05, 3.63) is 87.3 Å². The average molecular weight is 471 g/mol. The Morgan fingerprint density at radius 2 is 1.97 bits per heavy atom. The number of phenols is 1. The number of fused-ring (bicyclic) bond motifs is 1. The molecule has 0 amide bonds. The highest BCUT2D eigenvalue weighted by atomic mass is 35.5. The second kappa shape index (κ2) is 10.2. The summed E-state index contributed by atoms with van der Waals surface area (Å²) < 4.78 is 17.7. The number of allylic oxidation sites excluding steroid dienone is 2. The topological polar surface area (TPSA) is 106 Å². The van der Waals surface area contributed by atoms with E-state index in [-0.39, 0.29) is 35.7 Å². The number of hydrogen-bond acceptors (Lipinski definition) is 6. The molecular weight excluding hydrogens is 448 g/mol. The van der Waals surface area contributed by atoms with Crippen LogP contribution in [0.3, 0.4) is 0 Å². The molecule has 1 unspecified atom stereocenters. The van der Waals surface area contributed by atoms with E-state index in [1.165, 1.54) is 6.26 Å². The number of hydrogen-bond donors (Lipinski definition) is 2. The van der Waals surface area contributed by atoms with Gasteiger partial charge >= 0.3 is 5.97 Å². The van der Waals surface area contributed by atoms with Crippen molar-refractivity contribution >= 4 is 28.5 Å². The highest BCUT2D eigenvalue weighted by molar-refractivity contribution is 6.31. The molecule has 3 atom stereocenters. The second-order valence-corrected chi connectivity index (χ2v) is 8.28. The third-order valence-electron chi connectivity index (χ3n) is 5.55. The minimum Gasteiger partial charge on any atom is -0.508 e. The van der Waals surface area contributed by atoms with Gasteiger partial charge < -0.3 is 24.1 Å². The molecule has 7 nitrogen and oxygen atoms in total. The molecule has 0 radical (unpaired) electrons. The van der Waals surface area contributed by atoms with Crippen LogP contribution in [0.4, 0.5) is 0 Å². The van der Waals surface area contributed by atoms with Crippen molar-refractivity contribution < 1.29 is 28.9 Å². The number of para-hydroxylation sites is 1. The molecule has 1 fully saturated rings. The van der Waals surface area contributed by atoms with Crippen LogP contribution in [0, 0.1) is 5.92 Å². The minimum absolute atomic E-state index is 0.0564. The molecule has 8 heteroatoms. The molecular formula is C25H23ClO7. The van der Waals surface area contributed by atoms with Crippen molar-refractivity contribution in [2.45, 2.75) is 31.7 Å². The van der Waals surface area contributed by atoms with Crippen LogP contribution >= 0.6 is 11.6 Å². The highest BCUT2D eigenvalue weighted by Gasteiger charge is 2.36. The number of benzene rings is 2. The maximum Gasteiger partial charge on any atom is 0.303 e. The van der Waals surface area contributed by atoms with Crippen LogP contribution in [-0.4, -0.2) is 22.8 Å². The van der Waals surface area contributed by atoms with E-state index in [4.69, 9.17) is 30.6 Å². The first-order valence-corrected chi connectivity index (χ1v) is 10.9. The monoisotopic (exact) mass is 470 g/mol. The Labute approximate surface area is 194 Å². The van der Waals surface area contributed by atoms with E-state index < -0.39 is 18.4 Å². The van der Waals surface area contributed by atoms with Gasteiger partial charge in [0.15, 0.2) is 6.29 Å². The molecule has 1 aliphatic heterocycles. The van der Waals surface area contributed by atoms with Crippen LogP contribution in [0.15, 0.2) is 70.1 Å². The van der Waals surface area contributed by atoms with Crippen LogP contribution in [-0.2, 0) is 14.3 Å². The number of rotatable bonds is 7. The molecule has 1 saturated heterocycles. The lowest BCUT2D eigenvalue weighted by Crippen LogP contribution is -2.32. The lowest BCUT2D eigenvalue weighted by Gasteiger charge is -2.36. The summed E-state index contributed by atoms with van der Waals surface area (Å²) in [7, 11) is 0. The largest absolute Gasteiger partial charge is 0.508 e. The number of carboxylic acids is 1.